The van der Waals surface area contributed by atoms with Crippen LogP contribution in [0.15, 0.2) is 52.3 Å². The van der Waals surface area contributed by atoms with Crippen LogP contribution >= 0.6 is 22.9 Å². The number of hydrogen-bond acceptors (Lipinski definition) is 7. The van der Waals surface area contributed by atoms with Gasteiger partial charge in [0.05, 0.1) is 22.7 Å². The Balaban J connectivity index is 1.27. The molecule has 0 bridgehead atoms. The lowest BCUT2D eigenvalue weighted by molar-refractivity contribution is -0.384. The number of nitro benzene ring substituents is 1. The van der Waals surface area contributed by atoms with E-state index in [0.29, 0.717) is 41.4 Å². The maximum atomic E-state index is 13.0. The van der Waals surface area contributed by atoms with Gasteiger partial charge < -0.3 is 14.1 Å². The number of nitrogens with zero attached hydrogens (tertiary/aromatic N) is 3. The highest BCUT2D eigenvalue weighted by atomic mass is 35.5. The van der Waals surface area contributed by atoms with E-state index in [1.165, 1.54) is 23.5 Å². The second-order valence-corrected chi connectivity index (χ2v) is 9.35. The standard InChI is InChI=1S/C24H20ClN3O5S/c1-32-20-4-2-3-16-12-21(33-22(16)20)24(29)27-9-7-14(8-10-27)23-26-18(13-34-23)15-5-6-17(25)19(11-15)28(30)31/h2-6,11-14H,7-10H2,1H3. The van der Waals surface area contributed by atoms with Crippen molar-refractivity contribution < 1.29 is 18.9 Å². The summed E-state index contributed by atoms with van der Waals surface area (Å²) in [6.07, 6.45) is 1.56. The van der Waals surface area contributed by atoms with Gasteiger partial charge >= 0.3 is 0 Å². The van der Waals surface area contributed by atoms with Crippen LogP contribution in [-0.4, -0.2) is 40.9 Å². The molecule has 0 atom stereocenters. The number of ether oxygens (including phenoxy) is 1. The van der Waals surface area contributed by atoms with Crippen molar-refractivity contribution in [1.29, 1.82) is 0 Å². The first-order valence-corrected chi connectivity index (χ1v) is 12.0. The van der Waals surface area contributed by atoms with E-state index < -0.39 is 4.92 Å². The normalized spacial score (nSPS) is 14.5. The summed E-state index contributed by atoms with van der Waals surface area (Å²) >= 11 is 7.46. The molecule has 0 radical (unpaired) electrons. The summed E-state index contributed by atoms with van der Waals surface area (Å²) in [7, 11) is 1.57. The van der Waals surface area contributed by atoms with E-state index in [2.05, 4.69) is 0 Å². The average Bonchev–Trinajstić information content (AvgIpc) is 3.51. The molecule has 0 spiro atoms. The number of methoxy groups -OCH3 is 1. The summed E-state index contributed by atoms with van der Waals surface area (Å²) < 4.78 is 11.1. The van der Waals surface area contributed by atoms with Gasteiger partial charge in [-0.3, -0.25) is 14.9 Å². The second-order valence-electron chi connectivity index (χ2n) is 8.05. The smallest absolute Gasteiger partial charge is 0.289 e. The molecule has 4 aromatic rings. The summed E-state index contributed by atoms with van der Waals surface area (Å²) in [6, 6.07) is 12.0. The monoisotopic (exact) mass is 497 g/mol. The van der Waals surface area contributed by atoms with Crippen LogP contribution in [0.1, 0.15) is 34.3 Å². The number of likely N-dealkylation sites (tertiary alicyclic amines) is 1. The molecule has 2 aromatic carbocycles. The predicted molar refractivity (Wildman–Crippen MR) is 130 cm³/mol. The summed E-state index contributed by atoms with van der Waals surface area (Å²) in [5.41, 5.74) is 1.78. The lowest BCUT2D eigenvalue weighted by atomic mass is 9.97. The molecule has 0 aliphatic carbocycles. The Morgan fingerprint density at radius 1 is 1.26 bits per heavy atom. The maximum Gasteiger partial charge on any atom is 0.289 e. The topological polar surface area (TPSA) is 98.7 Å². The van der Waals surface area contributed by atoms with E-state index in [0.717, 1.165) is 23.2 Å². The van der Waals surface area contributed by atoms with Crippen LogP contribution in [0.4, 0.5) is 5.69 Å². The molecular weight excluding hydrogens is 478 g/mol. The number of thiazole rings is 1. The van der Waals surface area contributed by atoms with Crippen LogP contribution in [0, 0.1) is 10.1 Å². The van der Waals surface area contributed by atoms with Crippen LogP contribution in [-0.2, 0) is 0 Å². The van der Waals surface area contributed by atoms with Crippen LogP contribution in [0.5, 0.6) is 5.75 Å². The number of furan rings is 1. The highest BCUT2D eigenvalue weighted by molar-refractivity contribution is 7.10. The van der Waals surface area contributed by atoms with Crippen LogP contribution in [0.2, 0.25) is 5.02 Å². The van der Waals surface area contributed by atoms with Crippen molar-refractivity contribution in [1.82, 2.24) is 9.88 Å². The number of benzene rings is 2. The number of fused-ring (bicyclic) bond motifs is 1. The third-order valence-electron chi connectivity index (χ3n) is 6.03. The Morgan fingerprint density at radius 3 is 2.79 bits per heavy atom. The van der Waals surface area contributed by atoms with Gasteiger partial charge in [-0.25, -0.2) is 4.98 Å². The van der Waals surface area contributed by atoms with Gasteiger partial charge in [0.1, 0.15) is 5.02 Å². The SMILES string of the molecule is COc1cccc2cc(C(=O)N3CCC(c4nc(-c5ccc(Cl)c([N+](=O)[O-])c5)cs4)CC3)oc12. The van der Waals surface area contributed by atoms with Crippen molar-refractivity contribution in [3.63, 3.8) is 0 Å². The van der Waals surface area contributed by atoms with E-state index in [4.69, 9.17) is 25.7 Å². The van der Waals surface area contributed by atoms with E-state index in [9.17, 15) is 14.9 Å². The van der Waals surface area contributed by atoms with Crippen molar-refractivity contribution in [3.8, 4) is 17.0 Å². The van der Waals surface area contributed by atoms with Gasteiger partial charge in [0.25, 0.3) is 11.6 Å². The number of nitro groups is 1. The number of rotatable bonds is 5. The highest BCUT2D eigenvalue weighted by Gasteiger charge is 2.28. The Bertz CT molecular complexity index is 1390. The molecule has 3 heterocycles. The molecule has 2 aromatic heterocycles. The number of aromatic nitrogens is 1. The average molecular weight is 498 g/mol. The van der Waals surface area contributed by atoms with Crippen LogP contribution in [0.3, 0.4) is 0 Å². The molecule has 5 rings (SSSR count). The first kappa shape index (κ1) is 22.4. The first-order chi connectivity index (χ1) is 16.4. The first-order valence-electron chi connectivity index (χ1n) is 10.7. The lowest BCUT2D eigenvalue weighted by Crippen LogP contribution is -2.37. The zero-order valence-corrected chi connectivity index (χ0v) is 19.8. The van der Waals surface area contributed by atoms with Gasteiger partial charge in [-0.15, -0.1) is 11.3 Å². The van der Waals surface area contributed by atoms with Gasteiger partial charge in [-0.05, 0) is 31.0 Å². The van der Waals surface area contributed by atoms with Crippen molar-refractivity contribution in [2.75, 3.05) is 20.2 Å². The Kier molecular flexibility index (Phi) is 5.97. The molecule has 1 saturated heterocycles. The quantitative estimate of drug-likeness (QED) is 0.242. The Hall–Kier alpha value is -3.43. The molecule has 10 heteroatoms. The zero-order valence-electron chi connectivity index (χ0n) is 18.2. The van der Waals surface area contributed by atoms with Crippen LogP contribution < -0.4 is 4.74 Å². The zero-order chi connectivity index (χ0) is 23.8. The van der Waals surface area contributed by atoms with E-state index in [1.54, 1.807) is 30.2 Å². The predicted octanol–water partition coefficient (Wildman–Crippen LogP) is 6.15. The van der Waals surface area contributed by atoms with Gasteiger partial charge in [0.15, 0.2) is 17.1 Å². The molecule has 0 unspecified atom stereocenters. The van der Waals surface area contributed by atoms with Gasteiger partial charge in [-0.2, -0.15) is 0 Å². The van der Waals surface area contributed by atoms with Crippen molar-refractivity contribution in [3.05, 3.63) is 73.7 Å². The lowest BCUT2D eigenvalue weighted by Gasteiger charge is -2.30. The fraction of sp³-hybridized carbons (Fsp3) is 0.250. The van der Waals surface area contributed by atoms with E-state index >= 15 is 0 Å². The van der Waals surface area contributed by atoms with Crippen molar-refractivity contribution >= 4 is 45.5 Å². The summed E-state index contributed by atoms with van der Waals surface area (Å²) in [4.78, 5) is 30.2. The van der Waals surface area contributed by atoms with Gasteiger partial charge in [0.2, 0.25) is 0 Å². The minimum Gasteiger partial charge on any atom is -0.493 e. The van der Waals surface area contributed by atoms with E-state index in [-0.39, 0.29) is 22.5 Å². The van der Waals surface area contributed by atoms with E-state index in [1.807, 2.05) is 17.5 Å². The fourth-order valence-electron chi connectivity index (χ4n) is 4.21. The number of amides is 1. The Morgan fingerprint density at radius 2 is 2.06 bits per heavy atom. The molecular formula is C24H20ClN3O5S. The number of hydrogen-bond donors (Lipinski definition) is 0. The van der Waals surface area contributed by atoms with Gasteiger partial charge in [-0.1, -0.05) is 29.8 Å². The summed E-state index contributed by atoms with van der Waals surface area (Å²) in [6.45, 7) is 1.19. The van der Waals surface area contributed by atoms with Crippen molar-refractivity contribution in [2.24, 2.45) is 0 Å². The Labute approximate surface area is 203 Å². The molecule has 174 valence electrons. The highest BCUT2D eigenvalue weighted by Crippen LogP contribution is 2.36. The number of carbonyl (C=O) groups excluding carboxylic acids is 1. The maximum absolute atomic E-state index is 13.0. The number of piperidine rings is 1. The fourth-order valence-corrected chi connectivity index (χ4v) is 5.39. The summed E-state index contributed by atoms with van der Waals surface area (Å²) in [5, 5.41) is 15.0. The van der Waals surface area contributed by atoms with Crippen molar-refractivity contribution in [2.45, 2.75) is 18.8 Å². The minimum atomic E-state index is -0.496. The molecule has 0 saturated carbocycles. The second kappa shape index (κ2) is 9.08. The third-order valence-corrected chi connectivity index (χ3v) is 7.36. The number of halogens is 1. The molecule has 34 heavy (non-hydrogen) atoms. The molecule has 0 N–H and O–H groups in total. The summed E-state index contributed by atoms with van der Waals surface area (Å²) in [5.74, 6) is 0.991. The largest absolute Gasteiger partial charge is 0.493 e. The molecule has 1 aliphatic rings. The molecule has 8 nitrogen and oxygen atoms in total. The molecule has 1 fully saturated rings. The minimum absolute atomic E-state index is 0.101. The number of carbonyl (C=O) groups is 1. The molecule has 1 aliphatic heterocycles. The molecule has 1 amide bonds. The van der Waals surface area contributed by atoms with Crippen LogP contribution in [0.25, 0.3) is 22.2 Å². The third kappa shape index (κ3) is 4.12. The number of para-hydroxylation sites is 1. The van der Waals surface area contributed by atoms with Gasteiger partial charge in [0, 0.05) is 41.4 Å².